The van der Waals surface area contributed by atoms with Crippen LogP contribution in [0.25, 0.3) is 0 Å². The molecule has 1 aromatic carbocycles. The molecule has 1 heterocycles. The zero-order valence-electron chi connectivity index (χ0n) is 11.0. The van der Waals surface area contributed by atoms with E-state index in [0.717, 1.165) is 24.4 Å². The first-order chi connectivity index (χ1) is 8.69. The minimum absolute atomic E-state index is 0.220. The molecule has 1 fully saturated rings. The highest BCUT2D eigenvalue weighted by molar-refractivity contribution is 5.76. The molecule has 1 saturated heterocycles. The van der Waals surface area contributed by atoms with Crippen molar-refractivity contribution in [2.75, 3.05) is 27.2 Å². The Morgan fingerprint density at radius 1 is 1.39 bits per heavy atom. The maximum atomic E-state index is 11.9. The van der Waals surface area contributed by atoms with Crippen LogP contribution in [0.5, 0.6) is 5.75 Å². The van der Waals surface area contributed by atoms with Crippen LogP contribution in [0.1, 0.15) is 12.0 Å². The van der Waals surface area contributed by atoms with Gasteiger partial charge in [-0.25, -0.2) is 0 Å². The molecule has 0 aliphatic carbocycles. The lowest BCUT2D eigenvalue weighted by Crippen LogP contribution is -2.44. The third kappa shape index (κ3) is 3.23. The molecule has 1 aliphatic heterocycles. The van der Waals surface area contributed by atoms with Crippen molar-refractivity contribution in [3.63, 3.8) is 0 Å². The molecule has 0 radical (unpaired) electrons. The highest BCUT2D eigenvalue weighted by atomic mass is 16.5. The number of nitrogens with zero attached hydrogens (tertiary/aromatic N) is 1. The molecule has 1 amide bonds. The lowest BCUT2D eigenvalue weighted by atomic mass is 9.99. The van der Waals surface area contributed by atoms with Crippen molar-refractivity contribution in [3.8, 4) is 5.75 Å². The van der Waals surface area contributed by atoms with Crippen LogP contribution >= 0.6 is 0 Å². The van der Waals surface area contributed by atoms with Crippen LogP contribution in [0.3, 0.4) is 0 Å². The second-order valence-corrected chi connectivity index (χ2v) is 4.83. The number of hydrogen-bond donors (Lipinski definition) is 1. The van der Waals surface area contributed by atoms with Crippen LogP contribution in [0.4, 0.5) is 0 Å². The summed E-state index contributed by atoms with van der Waals surface area (Å²) in [7, 11) is 3.51. The molecule has 4 heteroatoms. The van der Waals surface area contributed by atoms with Gasteiger partial charge in [0.1, 0.15) is 5.75 Å². The number of carbonyl (C=O) groups is 1. The summed E-state index contributed by atoms with van der Waals surface area (Å²) in [6, 6.07) is 7.83. The van der Waals surface area contributed by atoms with Gasteiger partial charge in [-0.15, -0.1) is 0 Å². The molecule has 0 spiro atoms. The Morgan fingerprint density at radius 3 is 2.56 bits per heavy atom. The number of benzene rings is 1. The van der Waals surface area contributed by atoms with E-state index < -0.39 is 0 Å². The number of amides is 1. The Morgan fingerprint density at radius 2 is 2.06 bits per heavy atom. The van der Waals surface area contributed by atoms with E-state index in [1.807, 2.05) is 31.3 Å². The zero-order valence-corrected chi connectivity index (χ0v) is 11.0. The van der Waals surface area contributed by atoms with Crippen LogP contribution in [-0.2, 0) is 11.3 Å². The van der Waals surface area contributed by atoms with Crippen molar-refractivity contribution in [2.45, 2.75) is 13.0 Å². The first-order valence-corrected chi connectivity index (χ1v) is 6.26. The number of hydrogen-bond acceptors (Lipinski definition) is 3. The third-order valence-electron chi connectivity index (χ3n) is 3.33. The van der Waals surface area contributed by atoms with Gasteiger partial charge in [0.15, 0.2) is 0 Å². The fourth-order valence-electron chi connectivity index (χ4n) is 1.99. The summed E-state index contributed by atoms with van der Waals surface area (Å²) < 4.78 is 5.11. The van der Waals surface area contributed by atoms with Gasteiger partial charge >= 0.3 is 0 Å². The highest BCUT2D eigenvalue weighted by Crippen LogP contribution is 2.14. The quantitative estimate of drug-likeness (QED) is 0.853. The van der Waals surface area contributed by atoms with Gasteiger partial charge in [0.25, 0.3) is 0 Å². The second kappa shape index (κ2) is 5.87. The number of ether oxygens (including phenoxy) is 1. The van der Waals surface area contributed by atoms with Gasteiger partial charge in [0, 0.05) is 20.0 Å². The Hall–Kier alpha value is -1.55. The summed E-state index contributed by atoms with van der Waals surface area (Å²) in [6.07, 6.45) is 0.652. The second-order valence-electron chi connectivity index (χ2n) is 4.83. The molecule has 98 valence electrons. The summed E-state index contributed by atoms with van der Waals surface area (Å²) in [5, 5.41) is 3.18. The van der Waals surface area contributed by atoms with Crippen molar-refractivity contribution in [2.24, 2.45) is 5.92 Å². The average molecular weight is 248 g/mol. The van der Waals surface area contributed by atoms with E-state index in [1.165, 1.54) is 0 Å². The molecule has 0 bridgehead atoms. The number of rotatable bonds is 5. The molecule has 4 nitrogen and oxygen atoms in total. The zero-order chi connectivity index (χ0) is 13.0. The van der Waals surface area contributed by atoms with E-state index in [2.05, 4.69) is 5.32 Å². The first kappa shape index (κ1) is 12.9. The minimum atomic E-state index is 0.220. The van der Waals surface area contributed by atoms with Crippen molar-refractivity contribution >= 4 is 5.91 Å². The van der Waals surface area contributed by atoms with Gasteiger partial charge in [-0.05, 0) is 36.7 Å². The molecule has 0 unspecified atom stereocenters. The van der Waals surface area contributed by atoms with Crippen LogP contribution < -0.4 is 10.1 Å². The van der Waals surface area contributed by atoms with E-state index in [4.69, 9.17) is 4.74 Å². The maximum absolute atomic E-state index is 11.9. The topological polar surface area (TPSA) is 41.6 Å². The normalized spacial score (nSPS) is 15.0. The molecule has 1 aromatic rings. The van der Waals surface area contributed by atoms with E-state index >= 15 is 0 Å². The van der Waals surface area contributed by atoms with Crippen LogP contribution in [0.2, 0.25) is 0 Å². The molecule has 1 aliphatic rings. The van der Waals surface area contributed by atoms with E-state index in [0.29, 0.717) is 18.9 Å². The number of carbonyl (C=O) groups excluding carboxylic acids is 1. The predicted octanol–water partition coefficient (Wildman–Crippen LogP) is 1.26. The van der Waals surface area contributed by atoms with E-state index in [-0.39, 0.29) is 5.91 Å². The standard InChI is InChI=1S/C14H20N2O2/c1-16(14(17)7-12-8-15-9-12)10-11-3-5-13(18-2)6-4-11/h3-6,12,15H,7-10H2,1-2H3. The van der Waals surface area contributed by atoms with Gasteiger partial charge in [-0.2, -0.15) is 0 Å². The van der Waals surface area contributed by atoms with E-state index in [9.17, 15) is 4.79 Å². The number of nitrogens with one attached hydrogen (secondary N) is 1. The Balaban J connectivity index is 1.84. The summed E-state index contributed by atoms with van der Waals surface area (Å²) in [4.78, 5) is 13.7. The molecule has 1 N–H and O–H groups in total. The predicted molar refractivity (Wildman–Crippen MR) is 70.4 cm³/mol. The molecule has 2 rings (SSSR count). The SMILES string of the molecule is COc1ccc(CN(C)C(=O)CC2CNC2)cc1. The Bertz CT molecular complexity index is 399. The van der Waals surface area contributed by atoms with Crippen LogP contribution in [-0.4, -0.2) is 38.1 Å². The highest BCUT2D eigenvalue weighted by Gasteiger charge is 2.21. The Labute approximate surface area is 108 Å². The van der Waals surface area contributed by atoms with Gasteiger partial charge < -0.3 is 15.0 Å². The molecule has 0 aromatic heterocycles. The Kier molecular flexibility index (Phi) is 4.20. The smallest absolute Gasteiger partial charge is 0.222 e. The van der Waals surface area contributed by atoms with Gasteiger partial charge in [0.05, 0.1) is 7.11 Å². The summed E-state index contributed by atoms with van der Waals surface area (Å²) in [5.74, 6) is 1.58. The maximum Gasteiger partial charge on any atom is 0.222 e. The third-order valence-corrected chi connectivity index (χ3v) is 3.33. The van der Waals surface area contributed by atoms with Gasteiger partial charge in [0.2, 0.25) is 5.91 Å². The monoisotopic (exact) mass is 248 g/mol. The molecular weight excluding hydrogens is 228 g/mol. The molecule has 18 heavy (non-hydrogen) atoms. The van der Waals surface area contributed by atoms with Crippen molar-refractivity contribution < 1.29 is 9.53 Å². The fourth-order valence-corrected chi connectivity index (χ4v) is 1.99. The largest absolute Gasteiger partial charge is 0.497 e. The van der Waals surface area contributed by atoms with Crippen molar-refractivity contribution in [3.05, 3.63) is 29.8 Å². The van der Waals surface area contributed by atoms with Crippen molar-refractivity contribution in [1.29, 1.82) is 0 Å². The summed E-state index contributed by atoms with van der Waals surface area (Å²) in [5.41, 5.74) is 1.12. The summed E-state index contributed by atoms with van der Waals surface area (Å²) in [6.45, 7) is 2.60. The van der Waals surface area contributed by atoms with Gasteiger partial charge in [-0.1, -0.05) is 12.1 Å². The lowest BCUT2D eigenvalue weighted by Gasteiger charge is -2.28. The molecule has 0 atom stereocenters. The molecular formula is C14H20N2O2. The number of methoxy groups -OCH3 is 1. The van der Waals surface area contributed by atoms with Gasteiger partial charge in [-0.3, -0.25) is 4.79 Å². The first-order valence-electron chi connectivity index (χ1n) is 6.26. The average Bonchev–Trinajstić information content (AvgIpc) is 2.34. The van der Waals surface area contributed by atoms with Crippen LogP contribution in [0.15, 0.2) is 24.3 Å². The minimum Gasteiger partial charge on any atom is -0.497 e. The van der Waals surface area contributed by atoms with Crippen LogP contribution in [0, 0.1) is 5.92 Å². The lowest BCUT2D eigenvalue weighted by molar-refractivity contribution is -0.131. The van der Waals surface area contributed by atoms with Crippen molar-refractivity contribution in [1.82, 2.24) is 10.2 Å². The summed E-state index contributed by atoms with van der Waals surface area (Å²) >= 11 is 0. The molecule has 0 saturated carbocycles. The van der Waals surface area contributed by atoms with E-state index in [1.54, 1.807) is 12.0 Å². The fraction of sp³-hybridized carbons (Fsp3) is 0.500.